The molecule has 0 saturated heterocycles. The lowest BCUT2D eigenvalue weighted by Gasteiger charge is -2.15. The van der Waals surface area contributed by atoms with Crippen molar-refractivity contribution in [1.29, 1.82) is 0 Å². The first-order chi connectivity index (χ1) is 10.0. The fourth-order valence-electron chi connectivity index (χ4n) is 2.43. The van der Waals surface area contributed by atoms with E-state index in [1.54, 1.807) is 0 Å². The van der Waals surface area contributed by atoms with Gasteiger partial charge in [-0.2, -0.15) is 0 Å². The summed E-state index contributed by atoms with van der Waals surface area (Å²) in [4.78, 5) is 0. The van der Waals surface area contributed by atoms with Crippen LogP contribution in [0.5, 0.6) is 5.75 Å². The molecule has 2 nitrogen and oxygen atoms in total. The summed E-state index contributed by atoms with van der Waals surface area (Å²) >= 11 is 0. The summed E-state index contributed by atoms with van der Waals surface area (Å²) < 4.78 is 5.98. The van der Waals surface area contributed by atoms with Crippen LogP contribution in [0.25, 0.3) is 0 Å². The predicted molar refractivity (Wildman–Crippen MR) is 93.8 cm³/mol. The third-order valence-corrected chi connectivity index (χ3v) is 3.78. The molecular weight excluding hydrogens is 257 g/mol. The van der Waals surface area contributed by atoms with Crippen LogP contribution in [0.3, 0.4) is 0 Å². The second kappa shape index (κ2) is 6.71. The minimum atomic E-state index is 0.534. The van der Waals surface area contributed by atoms with Crippen molar-refractivity contribution in [2.75, 3.05) is 12.4 Å². The van der Waals surface area contributed by atoms with Crippen LogP contribution in [-0.2, 0) is 6.61 Å². The maximum atomic E-state index is 5.98. The van der Waals surface area contributed by atoms with Gasteiger partial charge in [0.15, 0.2) is 0 Å². The Hall–Kier alpha value is -1.90. The minimum Gasteiger partial charge on any atom is -0.489 e. The molecule has 0 aromatic heterocycles. The van der Waals surface area contributed by atoms with Gasteiger partial charge in [-0.15, -0.1) is 0 Å². The lowest BCUT2D eigenvalue weighted by atomic mass is 9.94. The number of nitrogens with one attached hydrogen (secondary N) is 1. The summed E-state index contributed by atoms with van der Waals surface area (Å²) in [6.07, 6.45) is 0. The van der Waals surface area contributed by atoms with E-state index in [0.29, 0.717) is 12.5 Å². The first-order valence-electron chi connectivity index (χ1n) is 7.52. The second-order valence-electron chi connectivity index (χ2n) is 5.88. The van der Waals surface area contributed by atoms with Crippen molar-refractivity contribution < 1.29 is 4.74 Å². The number of hydrogen-bond acceptors (Lipinski definition) is 2. The highest BCUT2D eigenvalue weighted by atomic mass is 16.5. The van der Waals surface area contributed by atoms with E-state index < -0.39 is 0 Å². The monoisotopic (exact) mass is 281 g/mol. The highest BCUT2D eigenvalue weighted by Gasteiger charge is 2.07. The van der Waals surface area contributed by atoms with Crippen LogP contribution in [0.2, 0.25) is 0 Å². The fourth-order valence-corrected chi connectivity index (χ4v) is 2.43. The average Bonchev–Trinajstić information content (AvgIpc) is 2.46. The van der Waals surface area contributed by atoms with Crippen molar-refractivity contribution in [3.8, 4) is 5.75 Å². The van der Waals surface area contributed by atoms with Crippen LogP contribution in [0.15, 0.2) is 36.4 Å². The van der Waals surface area contributed by atoms with E-state index in [4.69, 9.17) is 4.74 Å². The zero-order valence-corrected chi connectivity index (χ0v) is 13.7. The number of benzene rings is 2. The topological polar surface area (TPSA) is 21.3 Å². The number of rotatable bonds is 5. The highest BCUT2D eigenvalue weighted by Crippen LogP contribution is 2.24. The third-order valence-electron chi connectivity index (χ3n) is 3.78. The minimum absolute atomic E-state index is 0.534. The van der Waals surface area contributed by atoms with E-state index in [2.05, 4.69) is 64.3 Å². The molecule has 3 heteroatoms. The molecule has 0 aliphatic heterocycles. The van der Waals surface area contributed by atoms with Gasteiger partial charge in [-0.1, -0.05) is 43.6 Å². The molecular formula is C18H24BNO. The Morgan fingerprint density at radius 3 is 2.52 bits per heavy atom. The van der Waals surface area contributed by atoms with E-state index in [1.165, 1.54) is 22.2 Å². The molecule has 2 aromatic rings. The van der Waals surface area contributed by atoms with Crippen LogP contribution in [-0.4, -0.2) is 14.9 Å². The molecule has 2 rings (SSSR count). The van der Waals surface area contributed by atoms with Crippen LogP contribution < -0.4 is 15.5 Å². The Balaban J connectivity index is 2.16. The molecule has 0 spiro atoms. The number of ether oxygens (including phenoxy) is 1. The fraction of sp³-hybridized carbons (Fsp3) is 0.333. The van der Waals surface area contributed by atoms with Gasteiger partial charge in [0.2, 0.25) is 0 Å². The largest absolute Gasteiger partial charge is 0.489 e. The highest BCUT2D eigenvalue weighted by molar-refractivity contribution is 6.32. The lowest BCUT2D eigenvalue weighted by molar-refractivity contribution is 0.305. The van der Waals surface area contributed by atoms with Gasteiger partial charge in [-0.25, -0.2) is 0 Å². The molecule has 1 N–H and O–H groups in total. The Bertz CT molecular complexity index is 623. The van der Waals surface area contributed by atoms with Crippen molar-refractivity contribution in [2.24, 2.45) is 0 Å². The first-order valence-corrected chi connectivity index (χ1v) is 7.52. The summed E-state index contributed by atoms with van der Waals surface area (Å²) in [5.41, 5.74) is 6.11. The zero-order chi connectivity index (χ0) is 15.4. The molecule has 0 bridgehead atoms. The van der Waals surface area contributed by atoms with Gasteiger partial charge in [0.25, 0.3) is 0 Å². The molecule has 0 atom stereocenters. The normalized spacial score (nSPS) is 10.7. The first kappa shape index (κ1) is 15.5. The summed E-state index contributed by atoms with van der Waals surface area (Å²) in [6.45, 7) is 7.09. The van der Waals surface area contributed by atoms with Crippen LogP contribution in [0.4, 0.5) is 5.69 Å². The van der Waals surface area contributed by atoms with Crippen LogP contribution in [0.1, 0.15) is 36.5 Å². The molecule has 0 amide bonds. The lowest BCUT2D eigenvalue weighted by Crippen LogP contribution is -2.06. The van der Waals surface area contributed by atoms with Gasteiger partial charge in [0, 0.05) is 18.3 Å². The third kappa shape index (κ3) is 3.81. The number of hydrogen-bond donors (Lipinski definition) is 1. The quantitative estimate of drug-likeness (QED) is 0.851. The van der Waals surface area contributed by atoms with Gasteiger partial charge in [0.1, 0.15) is 20.2 Å². The molecule has 0 aliphatic carbocycles. The summed E-state index contributed by atoms with van der Waals surface area (Å²) in [6, 6.07) is 12.8. The van der Waals surface area contributed by atoms with E-state index in [-0.39, 0.29) is 0 Å². The van der Waals surface area contributed by atoms with Crippen molar-refractivity contribution in [3.63, 3.8) is 0 Å². The maximum absolute atomic E-state index is 5.98. The molecule has 2 aromatic carbocycles. The van der Waals surface area contributed by atoms with Crippen LogP contribution in [0, 0.1) is 6.92 Å². The van der Waals surface area contributed by atoms with Crippen molar-refractivity contribution in [2.45, 2.75) is 33.3 Å². The number of anilines is 1. The predicted octanol–water partition coefficient (Wildman–Crippen LogP) is 3.00. The van der Waals surface area contributed by atoms with Crippen LogP contribution >= 0.6 is 0 Å². The van der Waals surface area contributed by atoms with Gasteiger partial charge in [-0.3, -0.25) is 0 Å². The Kier molecular flexibility index (Phi) is 4.95. The summed E-state index contributed by atoms with van der Waals surface area (Å²) in [5, 5.41) is 3.27. The molecule has 110 valence electrons. The maximum Gasteiger partial charge on any atom is 0.139 e. The Morgan fingerprint density at radius 1 is 1.14 bits per heavy atom. The molecule has 0 unspecified atom stereocenters. The van der Waals surface area contributed by atoms with Crippen molar-refractivity contribution >= 4 is 19.0 Å². The van der Waals surface area contributed by atoms with Crippen molar-refractivity contribution in [1.82, 2.24) is 0 Å². The molecule has 0 radical (unpaired) electrons. The molecule has 0 aliphatic rings. The van der Waals surface area contributed by atoms with Gasteiger partial charge >= 0.3 is 0 Å². The van der Waals surface area contributed by atoms with E-state index in [1.807, 2.05) is 13.1 Å². The van der Waals surface area contributed by atoms with Gasteiger partial charge in [-0.05, 0) is 36.1 Å². The van der Waals surface area contributed by atoms with Gasteiger partial charge in [0.05, 0.1) is 0 Å². The second-order valence-corrected chi connectivity index (χ2v) is 5.88. The smallest absolute Gasteiger partial charge is 0.139 e. The Morgan fingerprint density at radius 2 is 1.90 bits per heavy atom. The van der Waals surface area contributed by atoms with Crippen molar-refractivity contribution in [3.05, 3.63) is 53.1 Å². The SMILES string of the molecule is Bc1ccc(OCc2ccc(C(C)C)cc2NC)c(C)c1. The molecule has 0 heterocycles. The molecule has 21 heavy (non-hydrogen) atoms. The van der Waals surface area contributed by atoms with E-state index in [0.717, 1.165) is 11.4 Å². The Labute approximate surface area is 128 Å². The standard InChI is InChI=1S/C18H24BNO/c1-12(2)14-5-6-15(17(10-14)20-4)11-21-18-8-7-16(19)9-13(18)3/h5-10,12,20H,11,19H2,1-4H3. The van der Waals surface area contributed by atoms with E-state index in [9.17, 15) is 0 Å². The molecule has 0 fully saturated rings. The summed E-state index contributed by atoms with van der Waals surface area (Å²) in [5.74, 6) is 1.49. The van der Waals surface area contributed by atoms with E-state index >= 15 is 0 Å². The number of aryl methyl sites for hydroxylation is 1. The molecule has 0 saturated carbocycles. The zero-order valence-electron chi connectivity index (χ0n) is 13.7. The average molecular weight is 281 g/mol. The van der Waals surface area contributed by atoms with Gasteiger partial charge < -0.3 is 10.1 Å². The summed E-state index contributed by atoms with van der Waals surface area (Å²) in [7, 11) is 4.06.